The van der Waals surface area contributed by atoms with Gasteiger partial charge >= 0.3 is 0 Å². The Morgan fingerprint density at radius 3 is 2.81 bits per heavy atom. The van der Waals surface area contributed by atoms with E-state index in [-0.39, 0.29) is 0 Å². The predicted molar refractivity (Wildman–Crippen MR) is 72.9 cm³/mol. The first-order valence-electron chi connectivity index (χ1n) is 6.69. The summed E-state index contributed by atoms with van der Waals surface area (Å²) in [6, 6.07) is 0.476. The summed E-state index contributed by atoms with van der Waals surface area (Å²) in [6.07, 6.45) is 5.27. The van der Waals surface area contributed by atoms with Gasteiger partial charge < -0.3 is 10.6 Å². The molecule has 0 aromatic carbocycles. The zero-order valence-electron chi connectivity index (χ0n) is 10.7. The average molecular weight is 242 g/mol. The molecule has 2 N–H and O–H groups in total. The van der Waals surface area contributed by atoms with E-state index in [0.29, 0.717) is 10.8 Å². The Balaban J connectivity index is 1.81. The summed E-state index contributed by atoms with van der Waals surface area (Å²) in [7, 11) is 0. The summed E-state index contributed by atoms with van der Waals surface area (Å²) in [5.74, 6) is 2.06. The van der Waals surface area contributed by atoms with Crippen LogP contribution >= 0.6 is 11.8 Å². The highest BCUT2D eigenvalue weighted by Crippen LogP contribution is 2.32. The van der Waals surface area contributed by atoms with E-state index in [0.717, 1.165) is 5.92 Å². The monoisotopic (exact) mass is 242 g/mol. The highest BCUT2D eigenvalue weighted by Gasteiger charge is 2.28. The van der Waals surface area contributed by atoms with E-state index in [1.54, 1.807) is 0 Å². The maximum atomic E-state index is 6.16. The van der Waals surface area contributed by atoms with Crippen LogP contribution in [0.1, 0.15) is 39.5 Å². The molecule has 16 heavy (non-hydrogen) atoms. The van der Waals surface area contributed by atoms with E-state index in [1.807, 2.05) is 0 Å². The molecular formula is C13H26N2S. The Morgan fingerprint density at radius 1 is 1.31 bits per heavy atom. The minimum Gasteiger partial charge on any atom is -0.327 e. The Bertz CT molecular complexity index is 230. The number of nitrogens with zero attached hydrogens (tertiary/aromatic N) is 1. The first kappa shape index (κ1) is 12.7. The lowest BCUT2D eigenvalue weighted by atomic mass is 10.0. The second-order valence-electron chi connectivity index (χ2n) is 6.01. The lowest BCUT2D eigenvalue weighted by Gasteiger charge is -2.26. The highest BCUT2D eigenvalue weighted by atomic mass is 32.2. The fraction of sp³-hybridized carbons (Fsp3) is 1.00. The molecule has 0 radical (unpaired) electrons. The maximum Gasteiger partial charge on any atom is 0.0116 e. The van der Waals surface area contributed by atoms with Crippen molar-refractivity contribution in [3.05, 3.63) is 0 Å². The first-order chi connectivity index (χ1) is 7.57. The summed E-state index contributed by atoms with van der Waals surface area (Å²) in [5.41, 5.74) is 6.16. The van der Waals surface area contributed by atoms with Crippen LogP contribution in [0.4, 0.5) is 0 Å². The molecule has 0 amide bonds. The average Bonchev–Trinajstić information content (AvgIpc) is 2.52. The lowest BCUT2D eigenvalue weighted by molar-refractivity contribution is 0.231. The van der Waals surface area contributed by atoms with Crippen LogP contribution in [0.2, 0.25) is 0 Å². The molecule has 1 saturated carbocycles. The molecule has 1 heterocycles. The molecule has 1 aliphatic carbocycles. The number of thioether (sulfide) groups is 1. The summed E-state index contributed by atoms with van der Waals surface area (Å²) < 4.78 is 0.479. The number of rotatable bonds is 2. The first-order valence-corrected chi connectivity index (χ1v) is 7.67. The fourth-order valence-electron chi connectivity index (χ4n) is 2.87. The third-order valence-electron chi connectivity index (χ3n) is 4.14. The van der Waals surface area contributed by atoms with Crippen molar-refractivity contribution >= 4 is 11.8 Å². The molecule has 94 valence electrons. The van der Waals surface area contributed by atoms with Gasteiger partial charge in [0, 0.05) is 29.6 Å². The molecule has 2 fully saturated rings. The topological polar surface area (TPSA) is 29.3 Å². The van der Waals surface area contributed by atoms with Gasteiger partial charge in [0.1, 0.15) is 0 Å². The van der Waals surface area contributed by atoms with Crippen molar-refractivity contribution in [2.75, 3.05) is 25.4 Å². The van der Waals surface area contributed by atoms with Gasteiger partial charge in [0.05, 0.1) is 0 Å². The van der Waals surface area contributed by atoms with E-state index < -0.39 is 0 Å². The molecule has 2 atom stereocenters. The third-order valence-corrected chi connectivity index (χ3v) is 5.51. The quantitative estimate of drug-likeness (QED) is 0.806. The van der Waals surface area contributed by atoms with Gasteiger partial charge in [-0.15, -0.1) is 0 Å². The van der Waals surface area contributed by atoms with Crippen LogP contribution in [0, 0.1) is 5.92 Å². The van der Waals surface area contributed by atoms with Crippen molar-refractivity contribution in [3.63, 3.8) is 0 Å². The molecule has 2 unspecified atom stereocenters. The second-order valence-corrected chi connectivity index (χ2v) is 7.82. The third kappa shape index (κ3) is 3.38. The summed E-state index contributed by atoms with van der Waals surface area (Å²) in [6.45, 7) is 8.53. The van der Waals surface area contributed by atoms with Gasteiger partial charge in [-0.1, -0.05) is 20.3 Å². The van der Waals surface area contributed by atoms with Gasteiger partial charge in [-0.2, -0.15) is 11.8 Å². The second kappa shape index (κ2) is 5.28. The fourth-order valence-corrected chi connectivity index (χ4v) is 4.01. The van der Waals surface area contributed by atoms with Gasteiger partial charge in [-0.3, -0.25) is 0 Å². The molecule has 0 spiro atoms. The Kier molecular flexibility index (Phi) is 4.20. The normalized spacial score (nSPS) is 36.2. The Hall–Kier alpha value is 0.270. The van der Waals surface area contributed by atoms with E-state index in [2.05, 4.69) is 30.5 Å². The molecule has 3 heteroatoms. The molecule has 0 aromatic rings. The zero-order valence-corrected chi connectivity index (χ0v) is 11.6. The summed E-state index contributed by atoms with van der Waals surface area (Å²) >= 11 is 2.13. The number of hydrogen-bond acceptors (Lipinski definition) is 3. The zero-order chi connectivity index (χ0) is 11.6. The van der Waals surface area contributed by atoms with Gasteiger partial charge in [0.2, 0.25) is 0 Å². The van der Waals surface area contributed by atoms with Crippen LogP contribution < -0.4 is 5.73 Å². The SMILES string of the molecule is CC1(C)CCN(CC2CCCC2N)CCS1. The molecule has 1 aliphatic heterocycles. The molecule has 0 bridgehead atoms. The van der Waals surface area contributed by atoms with Crippen LogP contribution in [0.15, 0.2) is 0 Å². The van der Waals surface area contributed by atoms with Crippen LogP contribution in [-0.2, 0) is 0 Å². The Labute approximate surface area is 104 Å². The minimum atomic E-state index is 0.476. The van der Waals surface area contributed by atoms with E-state index >= 15 is 0 Å². The van der Waals surface area contributed by atoms with Crippen molar-refractivity contribution < 1.29 is 0 Å². The predicted octanol–water partition coefficient (Wildman–Crippen LogP) is 2.33. The minimum absolute atomic E-state index is 0.476. The van der Waals surface area contributed by atoms with Gasteiger partial charge in [-0.25, -0.2) is 0 Å². The van der Waals surface area contributed by atoms with Gasteiger partial charge in [-0.05, 0) is 31.7 Å². The van der Waals surface area contributed by atoms with Crippen molar-refractivity contribution in [1.29, 1.82) is 0 Å². The maximum absolute atomic E-state index is 6.16. The molecule has 2 nitrogen and oxygen atoms in total. The van der Waals surface area contributed by atoms with Crippen LogP contribution in [0.5, 0.6) is 0 Å². The summed E-state index contributed by atoms with van der Waals surface area (Å²) in [5, 5.41) is 0. The van der Waals surface area contributed by atoms with E-state index in [9.17, 15) is 0 Å². The van der Waals surface area contributed by atoms with Gasteiger partial charge in [0.15, 0.2) is 0 Å². The molecule has 1 saturated heterocycles. The highest BCUT2D eigenvalue weighted by molar-refractivity contribution is 8.00. The molecule has 0 aromatic heterocycles. The van der Waals surface area contributed by atoms with Crippen molar-refractivity contribution in [2.24, 2.45) is 11.7 Å². The largest absolute Gasteiger partial charge is 0.327 e. The van der Waals surface area contributed by atoms with Crippen LogP contribution in [0.25, 0.3) is 0 Å². The number of hydrogen-bond donors (Lipinski definition) is 1. The Morgan fingerprint density at radius 2 is 2.12 bits per heavy atom. The summed E-state index contributed by atoms with van der Waals surface area (Å²) in [4.78, 5) is 2.65. The van der Waals surface area contributed by atoms with E-state index in [4.69, 9.17) is 5.73 Å². The molecule has 2 rings (SSSR count). The number of nitrogens with two attached hydrogens (primary N) is 1. The van der Waals surface area contributed by atoms with E-state index in [1.165, 1.54) is 51.1 Å². The van der Waals surface area contributed by atoms with Crippen molar-refractivity contribution in [1.82, 2.24) is 4.90 Å². The van der Waals surface area contributed by atoms with Crippen molar-refractivity contribution in [2.45, 2.75) is 50.3 Å². The lowest BCUT2D eigenvalue weighted by Crippen LogP contribution is -2.37. The van der Waals surface area contributed by atoms with Crippen LogP contribution in [-0.4, -0.2) is 41.1 Å². The molecular weight excluding hydrogens is 216 g/mol. The van der Waals surface area contributed by atoms with Crippen molar-refractivity contribution in [3.8, 4) is 0 Å². The van der Waals surface area contributed by atoms with Crippen LogP contribution in [0.3, 0.4) is 0 Å². The standard InChI is InChI=1S/C13H26N2S/c1-13(2)6-7-15(8-9-16-13)10-11-4-3-5-12(11)14/h11-12H,3-10,14H2,1-2H3. The van der Waals surface area contributed by atoms with Gasteiger partial charge in [0.25, 0.3) is 0 Å². The molecule has 2 aliphatic rings. The smallest absolute Gasteiger partial charge is 0.0116 e.